The third-order valence-corrected chi connectivity index (χ3v) is 13.6. The van der Waals surface area contributed by atoms with Gasteiger partial charge in [-0.15, -0.1) is 23.5 Å². The van der Waals surface area contributed by atoms with Crippen LogP contribution in [0.1, 0.15) is 56.3 Å². The van der Waals surface area contributed by atoms with Gasteiger partial charge in [0.05, 0.1) is 5.56 Å². The summed E-state index contributed by atoms with van der Waals surface area (Å²) in [5.41, 5.74) is 6.63. The molecule has 3 amide bonds. The van der Waals surface area contributed by atoms with Gasteiger partial charge in [-0.1, -0.05) is 128 Å². The first-order valence-electron chi connectivity index (χ1n) is 23.7. The molecule has 0 fully saturated rings. The summed E-state index contributed by atoms with van der Waals surface area (Å²) in [6.45, 7) is 2.07. The van der Waals surface area contributed by atoms with E-state index >= 15 is 0 Å². The van der Waals surface area contributed by atoms with Crippen molar-refractivity contribution in [2.75, 3.05) is 17.7 Å². The zero-order chi connectivity index (χ0) is 51.8. The van der Waals surface area contributed by atoms with Crippen molar-refractivity contribution in [3.63, 3.8) is 0 Å². The predicted octanol–water partition coefficient (Wildman–Crippen LogP) is 14.2. The third-order valence-electron chi connectivity index (χ3n) is 11.5. The zero-order valence-corrected chi connectivity index (χ0v) is 42.2. The first-order chi connectivity index (χ1) is 35.4. The van der Waals surface area contributed by atoms with Gasteiger partial charge in [-0.3, -0.25) is 14.4 Å². The lowest BCUT2D eigenvalue weighted by atomic mass is 9.96. The van der Waals surface area contributed by atoms with Gasteiger partial charge in [0, 0.05) is 57.6 Å². The maximum atomic E-state index is 13.4. The normalized spacial score (nSPS) is 11.3. The molecule has 0 bridgehead atoms. The van der Waals surface area contributed by atoms with Crippen LogP contribution < -0.4 is 10.6 Å². The average molecular weight is 1010 g/mol. The fourth-order valence-corrected chi connectivity index (χ4v) is 9.02. The molecule has 12 heteroatoms. The number of carboxylic acids is 1. The molecule has 8 aromatic carbocycles. The Labute approximate surface area is 434 Å². The Morgan fingerprint density at radius 3 is 1.25 bits per heavy atom. The molecule has 0 aliphatic heterocycles. The Bertz CT molecular complexity index is 2940. The highest BCUT2D eigenvalue weighted by Gasteiger charge is 2.28. The molecule has 0 saturated heterocycles. The minimum atomic E-state index is -1.04. The van der Waals surface area contributed by atoms with Crippen LogP contribution in [0.5, 0.6) is 0 Å². The van der Waals surface area contributed by atoms with Crippen LogP contribution in [0.25, 0.3) is 0 Å². The number of halogens is 2. The van der Waals surface area contributed by atoms with Gasteiger partial charge >= 0.3 is 5.97 Å². The van der Waals surface area contributed by atoms with Gasteiger partial charge in [-0.05, 0) is 132 Å². The maximum absolute atomic E-state index is 13.4. The van der Waals surface area contributed by atoms with Crippen LogP contribution in [0.3, 0.4) is 0 Å². The topological polar surface area (TPSA) is 116 Å². The second-order valence-corrected chi connectivity index (χ2v) is 18.9. The van der Waals surface area contributed by atoms with Gasteiger partial charge in [0.15, 0.2) is 0 Å². The zero-order valence-electron chi connectivity index (χ0n) is 40.6. The summed E-state index contributed by atoms with van der Waals surface area (Å²) in [6, 6.07) is 65.5. The van der Waals surface area contributed by atoms with Gasteiger partial charge < -0.3 is 20.6 Å². The van der Waals surface area contributed by atoms with E-state index < -0.39 is 23.6 Å². The van der Waals surface area contributed by atoms with E-state index in [0.717, 1.165) is 52.6 Å². The Morgan fingerprint density at radius 1 is 0.479 bits per heavy atom. The number of nitrogens with one attached hydrogen (secondary N) is 2. The number of hydrogen-bond acceptors (Lipinski definition) is 6. The fraction of sp³-hybridized carbons (Fsp3) is 0.148. The number of amides is 3. The number of aromatic carboxylic acids is 1. The number of carboxylic acid groups (broad SMARTS) is 1. The fourth-order valence-electron chi connectivity index (χ4n) is 7.31. The summed E-state index contributed by atoms with van der Waals surface area (Å²) in [5.74, 6) is -0.641. The molecule has 0 spiro atoms. The summed E-state index contributed by atoms with van der Waals surface area (Å²) >= 11 is 3.53. The number of carbonyl (C=O) groups excluding carboxylic acids is 3. The summed E-state index contributed by atoms with van der Waals surface area (Å²) in [7, 11) is 1.60. The van der Waals surface area contributed by atoms with Gasteiger partial charge in [-0.2, -0.15) is 0 Å². The number of anilines is 2. The van der Waals surface area contributed by atoms with Gasteiger partial charge in [-0.25, -0.2) is 13.6 Å². The number of likely N-dealkylation sites (N-methyl/N-ethyl adjacent to an activating group) is 1. The SMILES string of the molecule is CC[C@@H](Cc1ccccc1)C(=O)Nc1ccc(SCc2ccccc2)cc1.CN(C(=O)c1ccc(F)cc1)[C@@H](Cc1ccccc1)C(=O)Nc1ccc(SCc2ccccc2)cc1.O=C(O)c1ccc(F)cc1. The van der Waals surface area contributed by atoms with Crippen LogP contribution in [0, 0.1) is 17.6 Å². The lowest BCUT2D eigenvalue weighted by molar-refractivity contribution is -0.120. The number of hydrogen-bond donors (Lipinski definition) is 3. The minimum absolute atomic E-state index is 0.0143. The highest BCUT2D eigenvalue weighted by molar-refractivity contribution is 7.98. The van der Waals surface area contributed by atoms with E-state index in [4.69, 9.17) is 5.11 Å². The Morgan fingerprint density at radius 2 is 0.849 bits per heavy atom. The van der Waals surface area contributed by atoms with E-state index in [1.807, 2.05) is 109 Å². The molecule has 0 aromatic heterocycles. The van der Waals surface area contributed by atoms with E-state index in [0.29, 0.717) is 17.7 Å². The van der Waals surface area contributed by atoms with Crippen molar-refractivity contribution in [3.05, 3.63) is 263 Å². The summed E-state index contributed by atoms with van der Waals surface area (Å²) in [6.07, 6.45) is 1.95. The molecule has 372 valence electrons. The van der Waals surface area contributed by atoms with Gasteiger partial charge in [0.2, 0.25) is 11.8 Å². The molecule has 0 aliphatic rings. The number of thioether (sulfide) groups is 2. The second-order valence-electron chi connectivity index (χ2n) is 16.8. The molecule has 73 heavy (non-hydrogen) atoms. The van der Waals surface area contributed by atoms with Crippen molar-refractivity contribution in [2.45, 2.75) is 53.5 Å². The maximum Gasteiger partial charge on any atom is 0.335 e. The third kappa shape index (κ3) is 18.4. The van der Waals surface area contributed by atoms with Crippen molar-refractivity contribution in [1.82, 2.24) is 4.90 Å². The van der Waals surface area contributed by atoms with Gasteiger partial charge in [0.25, 0.3) is 5.91 Å². The molecule has 3 N–H and O–H groups in total. The first-order valence-corrected chi connectivity index (χ1v) is 25.7. The Kier molecular flexibility index (Phi) is 21.6. The molecule has 0 heterocycles. The highest BCUT2D eigenvalue weighted by atomic mass is 32.2. The van der Waals surface area contributed by atoms with E-state index in [1.54, 1.807) is 30.6 Å². The Balaban J connectivity index is 0.000000205. The summed E-state index contributed by atoms with van der Waals surface area (Å²) in [5, 5.41) is 14.4. The molecular weight excluding hydrogens is 957 g/mol. The Hall–Kier alpha value is -7.80. The average Bonchev–Trinajstić information content (AvgIpc) is 3.42. The number of benzene rings is 8. The largest absolute Gasteiger partial charge is 0.478 e. The van der Waals surface area contributed by atoms with E-state index in [1.165, 1.54) is 62.9 Å². The number of carbonyl (C=O) groups is 4. The van der Waals surface area contributed by atoms with Crippen molar-refractivity contribution in [3.8, 4) is 0 Å². The van der Waals surface area contributed by atoms with Gasteiger partial charge in [0.1, 0.15) is 17.7 Å². The van der Waals surface area contributed by atoms with Crippen LogP contribution in [0.15, 0.2) is 228 Å². The van der Waals surface area contributed by atoms with Crippen molar-refractivity contribution < 1.29 is 33.1 Å². The molecule has 0 saturated carbocycles. The van der Waals surface area contributed by atoms with Crippen LogP contribution in [-0.4, -0.2) is 46.8 Å². The van der Waals surface area contributed by atoms with Crippen LogP contribution in [0.4, 0.5) is 20.2 Å². The first kappa shape index (κ1) is 54.5. The van der Waals surface area contributed by atoms with Crippen LogP contribution >= 0.6 is 23.5 Å². The highest BCUT2D eigenvalue weighted by Crippen LogP contribution is 2.26. The monoisotopic (exact) mass is 1010 g/mol. The molecule has 8 nitrogen and oxygen atoms in total. The van der Waals surface area contributed by atoms with E-state index in [-0.39, 0.29) is 29.2 Å². The molecule has 0 radical (unpaired) electrons. The molecule has 2 atom stereocenters. The lowest BCUT2D eigenvalue weighted by Gasteiger charge is -2.28. The second kappa shape index (κ2) is 28.9. The van der Waals surface area contributed by atoms with Crippen molar-refractivity contribution >= 4 is 58.6 Å². The van der Waals surface area contributed by atoms with E-state index in [2.05, 4.69) is 78.2 Å². The van der Waals surface area contributed by atoms with E-state index in [9.17, 15) is 28.0 Å². The molecule has 8 aromatic rings. The standard InChI is InChI=1S/C30H27FN2O2S.C24H25NOS.C7H5FO2/c1-33(30(35)24-12-14-25(31)15-13-24)28(20-22-8-4-2-5-9-22)29(34)32-26-16-18-27(19-17-26)36-21-23-10-6-3-7-11-23;1-2-21(17-19-9-5-3-6-10-19)24(26)25-22-13-15-23(16-14-22)27-18-20-11-7-4-8-12-20;8-6-3-1-5(2-4-6)7(9)10/h2-19,28H,20-21H2,1H3,(H,32,34);3-16,21H,2,17-18H2,1H3,(H,25,26);1-4H,(H,9,10)/t28-;21-;/m00./s1. The van der Waals surface area contributed by atoms with Crippen LogP contribution in [-0.2, 0) is 33.9 Å². The predicted molar refractivity (Wildman–Crippen MR) is 292 cm³/mol. The van der Waals surface area contributed by atoms with Crippen molar-refractivity contribution in [2.24, 2.45) is 5.92 Å². The quantitative estimate of drug-likeness (QED) is 0.0733. The lowest BCUT2D eigenvalue weighted by Crippen LogP contribution is -2.46. The molecular formula is C61H57F2N3O5S2. The summed E-state index contributed by atoms with van der Waals surface area (Å²) < 4.78 is 25.5. The summed E-state index contributed by atoms with van der Waals surface area (Å²) in [4.78, 5) is 53.0. The smallest absolute Gasteiger partial charge is 0.335 e. The molecule has 0 aliphatic carbocycles. The number of rotatable bonds is 18. The van der Waals surface area contributed by atoms with Crippen molar-refractivity contribution in [1.29, 1.82) is 0 Å². The number of nitrogens with zero attached hydrogens (tertiary/aromatic N) is 1. The minimum Gasteiger partial charge on any atom is -0.478 e. The molecule has 8 rings (SSSR count). The van der Waals surface area contributed by atoms with Crippen LogP contribution in [0.2, 0.25) is 0 Å². The molecule has 0 unspecified atom stereocenters.